The third-order valence-electron chi connectivity index (χ3n) is 13.8. The largest absolute Gasteiger partial charge is 0.456 e. The van der Waals surface area contributed by atoms with Crippen LogP contribution in [-0.2, 0) is 44.5 Å². The van der Waals surface area contributed by atoms with E-state index in [2.05, 4.69) is 18.5 Å². The van der Waals surface area contributed by atoms with Crippen molar-refractivity contribution in [3.05, 3.63) is 108 Å². The van der Waals surface area contributed by atoms with Crippen LogP contribution in [0.3, 0.4) is 0 Å². The van der Waals surface area contributed by atoms with Gasteiger partial charge in [0.05, 0.1) is 35.6 Å². The normalized spacial score (nSPS) is 31.9. The molecule has 6 rings (SSSR count). The van der Waals surface area contributed by atoms with Crippen LogP contribution < -0.4 is 5.32 Å². The van der Waals surface area contributed by atoms with Crippen LogP contribution in [-0.4, -0.2) is 104 Å². The molecule has 1 aliphatic heterocycles. The zero-order chi connectivity index (χ0) is 45.4. The Morgan fingerprint density at radius 1 is 0.984 bits per heavy atom. The van der Waals surface area contributed by atoms with Crippen LogP contribution in [0.2, 0.25) is 0 Å². The Bertz CT molecular complexity index is 2100. The molecule has 2 aromatic carbocycles. The number of rotatable bonds is 15. The van der Waals surface area contributed by atoms with Gasteiger partial charge in [0.1, 0.15) is 30.0 Å². The molecule has 5 N–H and O–H groups in total. The Morgan fingerprint density at radius 2 is 1.66 bits per heavy atom. The minimum Gasteiger partial charge on any atom is -0.456 e. The van der Waals surface area contributed by atoms with Gasteiger partial charge in [-0.3, -0.25) is 14.4 Å². The maximum absolute atomic E-state index is 15.1. The summed E-state index contributed by atoms with van der Waals surface area (Å²) < 4.78 is 24.4. The molecule has 2 aromatic rings. The van der Waals surface area contributed by atoms with Gasteiger partial charge in [0.2, 0.25) is 5.91 Å². The number of Topliss-reactive ketones (excluding diaryl/α,β-unsaturated/α-hetero) is 1. The predicted octanol–water partition coefficient (Wildman–Crippen LogP) is 4.33. The van der Waals surface area contributed by atoms with Crippen LogP contribution in [0.4, 0.5) is 0 Å². The fraction of sp³-hybridized carbons (Fsp3) is 0.521. The van der Waals surface area contributed by atoms with E-state index in [0.29, 0.717) is 31.2 Å². The molecule has 3 aliphatic carbocycles. The number of ketones is 1. The Balaban J connectivity index is 1.46. The first-order valence-electron chi connectivity index (χ1n) is 21.2. The lowest BCUT2D eigenvalue weighted by atomic mass is 9.44. The number of carbonyl (C=O) groups excluding carboxylic acids is 5. The Hall–Kier alpha value is -4.99. The summed E-state index contributed by atoms with van der Waals surface area (Å²) in [6.45, 7) is 14.4. The number of benzene rings is 2. The number of aliphatic hydroxyl groups is 4. The predicted molar refractivity (Wildman–Crippen MR) is 225 cm³/mol. The van der Waals surface area contributed by atoms with Crippen molar-refractivity contribution >= 4 is 29.6 Å². The van der Waals surface area contributed by atoms with Gasteiger partial charge in [0.15, 0.2) is 17.5 Å². The lowest BCUT2D eigenvalue weighted by Gasteiger charge is -2.67. The maximum Gasteiger partial charge on any atom is 0.338 e. The highest BCUT2D eigenvalue weighted by atomic mass is 16.6. The van der Waals surface area contributed by atoms with E-state index in [1.54, 1.807) is 68.5 Å². The lowest BCUT2D eigenvalue weighted by molar-refractivity contribution is -0.346. The summed E-state index contributed by atoms with van der Waals surface area (Å²) in [6.07, 6.45) is -4.39. The van der Waals surface area contributed by atoms with Crippen molar-refractivity contribution in [3.63, 3.8) is 0 Å². The summed E-state index contributed by atoms with van der Waals surface area (Å²) >= 11 is 0. The van der Waals surface area contributed by atoms with Crippen molar-refractivity contribution in [2.24, 2.45) is 16.7 Å². The third kappa shape index (κ3) is 8.07. The van der Waals surface area contributed by atoms with Crippen LogP contribution in [0.5, 0.6) is 0 Å². The molecule has 334 valence electrons. The number of aliphatic hydroxyl groups excluding tert-OH is 3. The third-order valence-corrected chi connectivity index (χ3v) is 13.8. The number of nitrogens with one attached hydrogen (secondary N) is 1. The van der Waals surface area contributed by atoms with Gasteiger partial charge in [-0.05, 0) is 73.9 Å². The Kier molecular flexibility index (Phi) is 13.5. The first-order chi connectivity index (χ1) is 29.3. The summed E-state index contributed by atoms with van der Waals surface area (Å²) in [7, 11) is 0. The van der Waals surface area contributed by atoms with Gasteiger partial charge in [0.25, 0.3) is 0 Å². The van der Waals surface area contributed by atoms with Crippen molar-refractivity contribution in [1.82, 2.24) is 5.32 Å². The highest BCUT2D eigenvalue weighted by Gasteiger charge is 2.78. The Morgan fingerprint density at radius 3 is 2.26 bits per heavy atom. The zero-order valence-corrected chi connectivity index (χ0v) is 36.0. The number of hydrogen-bond acceptors (Lipinski definition) is 13. The average molecular weight is 858 g/mol. The summed E-state index contributed by atoms with van der Waals surface area (Å²) in [5, 5.41) is 52.2. The number of ether oxygens (including phenoxy) is 4. The quantitative estimate of drug-likeness (QED) is 0.0731. The summed E-state index contributed by atoms with van der Waals surface area (Å²) in [5.74, 6) is -5.72. The summed E-state index contributed by atoms with van der Waals surface area (Å²) in [6, 6.07) is 13.6. The van der Waals surface area contributed by atoms with Crippen LogP contribution in [0, 0.1) is 16.7 Å². The van der Waals surface area contributed by atoms with Crippen molar-refractivity contribution in [2.75, 3.05) is 6.61 Å². The molecule has 14 heteroatoms. The van der Waals surface area contributed by atoms with E-state index >= 15 is 4.79 Å². The second-order valence-electron chi connectivity index (χ2n) is 17.9. The van der Waals surface area contributed by atoms with E-state index in [-0.39, 0.29) is 36.2 Å². The Labute approximate surface area is 362 Å². The van der Waals surface area contributed by atoms with Gasteiger partial charge < -0.3 is 44.7 Å². The molecule has 62 heavy (non-hydrogen) atoms. The number of fused-ring (bicyclic) bond motifs is 5. The maximum atomic E-state index is 15.1. The van der Waals surface area contributed by atoms with Crippen molar-refractivity contribution in [2.45, 2.75) is 133 Å². The SMILES string of the molecule is C=CCCCCC(=O)N[C@@H](c1ccccc1)[C@@H](O)C(=O)O[C@H]1C[C@@]2(O)[C@@H](OC(=O)c3ccc(CC=C)cc3)[C@@H]3[C@]4(OC(C)=O)CO[C@@H]4C[C@H](O)[C@@]3(C)C(=O)[C@H](O)C(=C1C)C2(C)C. The summed E-state index contributed by atoms with van der Waals surface area (Å²) in [5.41, 5.74) is -6.27. The number of hydrogen-bond donors (Lipinski definition) is 5. The fourth-order valence-corrected chi connectivity index (χ4v) is 10.3. The van der Waals surface area contributed by atoms with Gasteiger partial charge in [-0.25, -0.2) is 9.59 Å². The second kappa shape index (κ2) is 18.0. The van der Waals surface area contributed by atoms with E-state index in [9.17, 15) is 39.6 Å². The monoisotopic (exact) mass is 857 g/mol. The van der Waals surface area contributed by atoms with Crippen LogP contribution in [0.25, 0.3) is 0 Å². The average Bonchev–Trinajstić information content (AvgIpc) is 3.23. The highest BCUT2D eigenvalue weighted by Crippen LogP contribution is 2.64. The van der Waals surface area contributed by atoms with Crippen LogP contribution in [0.15, 0.2) is 91.1 Å². The van der Waals surface area contributed by atoms with Crippen LogP contribution in [0.1, 0.15) is 101 Å². The van der Waals surface area contributed by atoms with Gasteiger partial charge in [-0.15, -0.1) is 13.2 Å². The minimum absolute atomic E-state index is 0.0498. The van der Waals surface area contributed by atoms with Crippen LogP contribution >= 0.6 is 0 Å². The zero-order valence-electron chi connectivity index (χ0n) is 36.0. The molecule has 11 atom stereocenters. The van der Waals surface area contributed by atoms with E-state index in [0.717, 1.165) is 12.5 Å². The topological polar surface area (TPSA) is 215 Å². The molecule has 1 saturated heterocycles. The van der Waals surface area contributed by atoms with E-state index < -0.39 is 107 Å². The molecular formula is C48H59NO13. The van der Waals surface area contributed by atoms with E-state index in [1.807, 2.05) is 0 Å². The first kappa shape index (κ1) is 46.5. The molecule has 2 bridgehead atoms. The first-order valence-corrected chi connectivity index (χ1v) is 21.2. The van der Waals surface area contributed by atoms with Crippen molar-refractivity contribution in [3.8, 4) is 0 Å². The number of amides is 1. The van der Waals surface area contributed by atoms with Crippen molar-refractivity contribution in [1.29, 1.82) is 0 Å². The van der Waals surface area contributed by atoms with Crippen molar-refractivity contribution < 1.29 is 63.3 Å². The highest BCUT2D eigenvalue weighted by molar-refractivity contribution is 5.94. The fourth-order valence-electron chi connectivity index (χ4n) is 10.3. The molecular weight excluding hydrogens is 799 g/mol. The van der Waals surface area contributed by atoms with Gasteiger partial charge in [-0.1, -0.05) is 68.5 Å². The number of allylic oxidation sites excluding steroid dienone is 2. The minimum atomic E-state index is -2.35. The molecule has 0 spiro atoms. The van der Waals surface area contributed by atoms with Gasteiger partial charge >= 0.3 is 17.9 Å². The standard InChI is InChI=1S/C48H59NO13/c1-8-10-11-15-19-35(52)49-37(30-17-13-12-14-18-30)39(54)44(57)60-32-25-48(58)42(61-43(56)31-22-20-29(16-9-2)21-23-31)40-46(7,41(55)38(53)36(27(32)3)45(48,5)6)33(51)24-34-47(40,26-59-34)62-28(4)50/h8-9,12-14,17-18,20-23,32-34,37-40,42,51,53-54,58H,1-2,10-11,15-16,19,24-26H2,3-7H3,(H,49,52)/t32-,33-,34+,37-,38+,39+,40-,42-,46+,47-,48+/m0/s1. The number of esters is 3. The number of carbonyl (C=O) groups is 5. The number of unbranched alkanes of at least 4 members (excludes halogenated alkanes) is 2. The smallest absolute Gasteiger partial charge is 0.338 e. The second-order valence-corrected chi connectivity index (χ2v) is 17.9. The van der Waals surface area contributed by atoms with Gasteiger partial charge in [0, 0.05) is 31.6 Å². The molecule has 3 fully saturated rings. The molecule has 2 saturated carbocycles. The molecule has 0 aromatic heterocycles. The lowest BCUT2D eigenvalue weighted by Crippen LogP contribution is -2.81. The molecule has 1 heterocycles. The van der Waals surface area contributed by atoms with E-state index in [4.69, 9.17) is 18.9 Å². The molecule has 1 amide bonds. The molecule has 4 aliphatic rings. The summed E-state index contributed by atoms with van der Waals surface area (Å²) in [4.78, 5) is 69.7. The molecule has 0 unspecified atom stereocenters. The molecule has 0 radical (unpaired) electrons. The van der Waals surface area contributed by atoms with Gasteiger partial charge in [-0.2, -0.15) is 0 Å². The van der Waals surface area contributed by atoms with E-state index in [1.165, 1.54) is 26.0 Å². The molecule has 14 nitrogen and oxygen atoms in total.